The molecule has 0 radical (unpaired) electrons. The number of pyridine rings is 1. The fourth-order valence-electron chi connectivity index (χ4n) is 2.37. The second-order valence-corrected chi connectivity index (χ2v) is 6.49. The summed E-state index contributed by atoms with van der Waals surface area (Å²) in [7, 11) is 0. The Morgan fingerprint density at radius 1 is 1.39 bits per heavy atom. The predicted octanol–water partition coefficient (Wildman–Crippen LogP) is 3.12. The van der Waals surface area contributed by atoms with Gasteiger partial charge in [0.05, 0.1) is 12.0 Å². The maximum atomic E-state index is 12.3. The van der Waals surface area contributed by atoms with Gasteiger partial charge in [-0.05, 0) is 45.7 Å². The van der Waals surface area contributed by atoms with Crippen LogP contribution in [0.3, 0.4) is 0 Å². The minimum absolute atomic E-state index is 0.339. The van der Waals surface area contributed by atoms with E-state index in [2.05, 4.69) is 10.1 Å². The minimum atomic E-state index is -0.613. The molecule has 0 aliphatic carbocycles. The van der Waals surface area contributed by atoms with Crippen molar-refractivity contribution in [1.82, 2.24) is 14.8 Å². The molecule has 3 rings (SSSR count). The molecule has 23 heavy (non-hydrogen) atoms. The first-order valence-corrected chi connectivity index (χ1v) is 7.79. The number of hydrogen-bond acceptors (Lipinski definition) is 6. The summed E-state index contributed by atoms with van der Waals surface area (Å²) < 4.78 is 17.9. The van der Waals surface area contributed by atoms with E-state index in [1.165, 1.54) is 0 Å². The van der Waals surface area contributed by atoms with Crippen molar-refractivity contribution >= 4 is 17.1 Å². The summed E-state index contributed by atoms with van der Waals surface area (Å²) in [4.78, 5) is 16.6. The Bertz CT molecular complexity index is 699. The Morgan fingerprint density at radius 2 is 2.22 bits per heavy atom. The van der Waals surface area contributed by atoms with Crippen molar-refractivity contribution in [2.24, 2.45) is 0 Å². The van der Waals surface area contributed by atoms with Crippen molar-refractivity contribution in [3.05, 3.63) is 18.3 Å². The second kappa shape index (κ2) is 6.16. The monoisotopic (exact) mass is 319 g/mol. The second-order valence-electron chi connectivity index (χ2n) is 6.49. The molecule has 0 bridgehead atoms. The average Bonchev–Trinajstić information content (AvgIpc) is 2.86. The molecule has 1 aliphatic heterocycles. The highest BCUT2D eigenvalue weighted by molar-refractivity contribution is 5.88. The van der Waals surface area contributed by atoms with Crippen molar-refractivity contribution in [3.8, 4) is 5.88 Å². The van der Waals surface area contributed by atoms with Crippen molar-refractivity contribution in [2.45, 2.75) is 51.9 Å². The standard InChI is InChI=1S/C16H21N3O4/c1-16(2,3)23-15(20)19-13-11(7-6-9-17-13)14(18-19)22-12-8-4-5-10-21-12/h6-7,9,12H,4-5,8,10H2,1-3H3. The Morgan fingerprint density at radius 3 is 2.91 bits per heavy atom. The lowest BCUT2D eigenvalue weighted by Gasteiger charge is -2.22. The normalized spacial score (nSPS) is 18.8. The van der Waals surface area contributed by atoms with Crippen molar-refractivity contribution in [3.63, 3.8) is 0 Å². The molecule has 124 valence electrons. The molecule has 7 nitrogen and oxygen atoms in total. The van der Waals surface area contributed by atoms with Crippen LogP contribution in [0.15, 0.2) is 18.3 Å². The molecule has 0 N–H and O–H groups in total. The molecule has 0 spiro atoms. The summed E-state index contributed by atoms with van der Waals surface area (Å²) in [5.74, 6) is 0.339. The molecule has 2 aromatic rings. The van der Waals surface area contributed by atoms with E-state index in [0.29, 0.717) is 23.5 Å². The van der Waals surface area contributed by atoms with Crippen LogP contribution in [-0.2, 0) is 9.47 Å². The lowest BCUT2D eigenvalue weighted by molar-refractivity contribution is -0.107. The van der Waals surface area contributed by atoms with Gasteiger partial charge in [-0.1, -0.05) is 0 Å². The number of ether oxygens (including phenoxy) is 3. The van der Waals surface area contributed by atoms with Crippen LogP contribution in [0.2, 0.25) is 0 Å². The van der Waals surface area contributed by atoms with Gasteiger partial charge in [-0.2, -0.15) is 0 Å². The Kier molecular flexibility index (Phi) is 4.21. The Hall–Kier alpha value is -2.15. The van der Waals surface area contributed by atoms with Gasteiger partial charge in [0.2, 0.25) is 12.2 Å². The molecule has 1 unspecified atom stereocenters. The van der Waals surface area contributed by atoms with E-state index in [1.54, 1.807) is 33.0 Å². The van der Waals surface area contributed by atoms with Crippen LogP contribution in [0.1, 0.15) is 40.0 Å². The minimum Gasteiger partial charge on any atom is -0.446 e. The summed E-state index contributed by atoms with van der Waals surface area (Å²) in [6, 6.07) is 3.59. The van der Waals surface area contributed by atoms with Gasteiger partial charge in [0.25, 0.3) is 0 Å². The highest BCUT2D eigenvalue weighted by atomic mass is 16.7. The van der Waals surface area contributed by atoms with Crippen LogP contribution >= 0.6 is 0 Å². The number of hydrogen-bond donors (Lipinski definition) is 0. The molecular formula is C16H21N3O4. The fraction of sp³-hybridized carbons (Fsp3) is 0.562. The SMILES string of the molecule is CC(C)(C)OC(=O)n1nc(OC2CCCCO2)c2cccnc21. The zero-order valence-corrected chi connectivity index (χ0v) is 13.6. The number of carbonyl (C=O) groups is 1. The summed E-state index contributed by atoms with van der Waals surface area (Å²) in [6.07, 6.45) is 3.57. The predicted molar refractivity (Wildman–Crippen MR) is 83.4 cm³/mol. The van der Waals surface area contributed by atoms with Crippen molar-refractivity contribution in [1.29, 1.82) is 0 Å². The van der Waals surface area contributed by atoms with Gasteiger partial charge in [0, 0.05) is 12.6 Å². The van der Waals surface area contributed by atoms with E-state index < -0.39 is 11.7 Å². The topological polar surface area (TPSA) is 75.5 Å². The maximum absolute atomic E-state index is 12.3. The average molecular weight is 319 g/mol. The number of aromatic nitrogens is 3. The first kappa shape index (κ1) is 15.7. The smallest absolute Gasteiger partial charge is 0.437 e. The van der Waals surface area contributed by atoms with E-state index >= 15 is 0 Å². The van der Waals surface area contributed by atoms with Gasteiger partial charge in [-0.25, -0.2) is 9.78 Å². The maximum Gasteiger partial charge on any atom is 0.437 e. The molecule has 3 heterocycles. The van der Waals surface area contributed by atoms with Crippen LogP contribution in [0.5, 0.6) is 5.88 Å². The highest BCUT2D eigenvalue weighted by Gasteiger charge is 2.25. The summed E-state index contributed by atoms with van der Waals surface area (Å²) >= 11 is 0. The molecule has 1 atom stereocenters. The molecule has 1 saturated heterocycles. The van der Waals surface area contributed by atoms with Gasteiger partial charge in [-0.3, -0.25) is 0 Å². The molecular weight excluding hydrogens is 298 g/mol. The van der Waals surface area contributed by atoms with Crippen LogP contribution in [0.25, 0.3) is 11.0 Å². The zero-order valence-electron chi connectivity index (χ0n) is 13.6. The van der Waals surface area contributed by atoms with Gasteiger partial charge < -0.3 is 14.2 Å². The third-order valence-corrected chi connectivity index (χ3v) is 3.36. The first-order valence-electron chi connectivity index (χ1n) is 7.79. The molecule has 0 amide bonds. The summed E-state index contributed by atoms with van der Waals surface area (Å²) in [5, 5.41) is 4.90. The van der Waals surface area contributed by atoms with Crippen LogP contribution in [0.4, 0.5) is 4.79 Å². The van der Waals surface area contributed by atoms with Crippen LogP contribution in [0, 0.1) is 0 Å². The zero-order chi connectivity index (χ0) is 16.4. The molecule has 0 aromatic carbocycles. The molecule has 7 heteroatoms. The third-order valence-electron chi connectivity index (χ3n) is 3.36. The summed E-state index contributed by atoms with van der Waals surface area (Å²) in [5.41, 5.74) is -0.204. The third kappa shape index (κ3) is 3.61. The molecule has 0 saturated carbocycles. The Balaban J connectivity index is 1.91. The first-order chi connectivity index (χ1) is 10.9. The van der Waals surface area contributed by atoms with E-state index in [-0.39, 0.29) is 6.29 Å². The lowest BCUT2D eigenvalue weighted by atomic mass is 10.2. The van der Waals surface area contributed by atoms with Gasteiger partial charge in [0.15, 0.2) is 5.65 Å². The fourth-order valence-corrected chi connectivity index (χ4v) is 2.37. The quantitative estimate of drug-likeness (QED) is 0.846. The van der Waals surface area contributed by atoms with Gasteiger partial charge >= 0.3 is 6.09 Å². The number of fused-ring (bicyclic) bond motifs is 1. The van der Waals surface area contributed by atoms with Crippen LogP contribution < -0.4 is 4.74 Å². The van der Waals surface area contributed by atoms with E-state index in [9.17, 15) is 4.79 Å². The highest BCUT2D eigenvalue weighted by Crippen LogP contribution is 2.26. The number of rotatable bonds is 2. The van der Waals surface area contributed by atoms with Crippen molar-refractivity contribution < 1.29 is 19.0 Å². The largest absolute Gasteiger partial charge is 0.446 e. The van der Waals surface area contributed by atoms with Gasteiger partial charge in [-0.15, -0.1) is 9.78 Å². The van der Waals surface area contributed by atoms with E-state index in [1.807, 2.05) is 6.07 Å². The van der Waals surface area contributed by atoms with Crippen molar-refractivity contribution in [2.75, 3.05) is 6.61 Å². The molecule has 1 fully saturated rings. The van der Waals surface area contributed by atoms with Crippen LogP contribution in [-0.4, -0.2) is 39.4 Å². The summed E-state index contributed by atoms with van der Waals surface area (Å²) in [6.45, 7) is 6.08. The van der Waals surface area contributed by atoms with Gasteiger partial charge in [0.1, 0.15) is 5.60 Å². The molecule has 1 aliphatic rings. The Labute approximate surface area is 134 Å². The van der Waals surface area contributed by atoms with E-state index in [4.69, 9.17) is 14.2 Å². The van der Waals surface area contributed by atoms with E-state index in [0.717, 1.165) is 23.9 Å². The molecule has 2 aromatic heterocycles. The number of nitrogens with zero attached hydrogens (tertiary/aromatic N) is 3. The lowest BCUT2D eigenvalue weighted by Crippen LogP contribution is -2.28. The number of carbonyl (C=O) groups excluding carboxylic acids is 1.